The second-order valence-corrected chi connectivity index (χ2v) is 7.98. The molecule has 150 valence electrons. The third-order valence-electron chi connectivity index (χ3n) is 5.58. The lowest BCUT2D eigenvalue weighted by atomic mass is 10.1. The molecule has 1 aliphatic rings. The van der Waals surface area contributed by atoms with Crippen molar-refractivity contribution in [1.82, 2.24) is 19.9 Å². The zero-order valence-corrected chi connectivity index (χ0v) is 17.1. The molecule has 1 unspecified atom stereocenters. The van der Waals surface area contributed by atoms with Gasteiger partial charge in [0.05, 0.1) is 24.5 Å². The average Bonchev–Trinajstić information content (AvgIpc) is 3.33. The zero-order chi connectivity index (χ0) is 20.4. The Labute approximate surface area is 175 Å². The Morgan fingerprint density at radius 1 is 1.31 bits per heavy atom. The fraction of sp³-hybridized carbons (Fsp3) is 0.318. The summed E-state index contributed by atoms with van der Waals surface area (Å²) in [6, 6.07) is 16.3. The summed E-state index contributed by atoms with van der Waals surface area (Å²) in [5.41, 5.74) is 9.95. The lowest BCUT2D eigenvalue weighted by molar-refractivity contribution is -0.119. The number of halogens is 1. The van der Waals surface area contributed by atoms with Crippen LogP contribution in [0.15, 0.2) is 54.7 Å². The molecule has 1 aliphatic carbocycles. The van der Waals surface area contributed by atoms with Crippen molar-refractivity contribution < 1.29 is 4.79 Å². The molecule has 0 saturated carbocycles. The molecule has 1 amide bonds. The number of carbonyl (C=O) groups excluding carboxylic acids is 1. The molecular formula is C22H24ClN5O. The van der Waals surface area contributed by atoms with Crippen LogP contribution in [0.3, 0.4) is 0 Å². The van der Waals surface area contributed by atoms with Crippen LogP contribution in [0.1, 0.15) is 47.8 Å². The number of hydrogen-bond donors (Lipinski definition) is 1. The average molecular weight is 410 g/mol. The first-order chi connectivity index (χ1) is 14.0. The van der Waals surface area contributed by atoms with E-state index in [0.717, 1.165) is 29.1 Å². The van der Waals surface area contributed by atoms with Crippen molar-refractivity contribution in [2.75, 3.05) is 6.54 Å². The van der Waals surface area contributed by atoms with Crippen LogP contribution in [0.4, 0.5) is 0 Å². The van der Waals surface area contributed by atoms with Gasteiger partial charge in [-0.2, -0.15) is 0 Å². The van der Waals surface area contributed by atoms with E-state index in [1.54, 1.807) is 0 Å². The fourth-order valence-electron chi connectivity index (χ4n) is 4.04. The number of benzene rings is 2. The Bertz CT molecular complexity index is 1000. The lowest BCUT2D eigenvalue weighted by Crippen LogP contribution is -2.35. The normalized spacial score (nSPS) is 16.7. The van der Waals surface area contributed by atoms with Crippen molar-refractivity contribution in [2.24, 2.45) is 5.73 Å². The number of hydrogen-bond acceptors (Lipinski definition) is 4. The summed E-state index contributed by atoms with van der Waals surface area (Å²) in [5.74, 6) is -0.362. The first-order valence-corrected chi connectivity index (χ1v) is 10.2. The summed E-state index contributed by atoms with van der Waals surface area (Å²) < 4.78 is 1.91. The number of fused-ring (bicyclic) bond motifs is 1. The molecule has 7 heteroatoms. The SMILES string of the molecule is C[C@H](c1ccccc1)N(CC(N)=O)Cc1cn(C2CCc3ccc(Cl)cc32)nn1. The monoisotopic (exact) mass is 409 g/mol. The molecular weight excluding hydrogens is 386 g/mol. The van der Waals surface area contributed by atoms with Crippen LogP contribution in [0.25, 0.3) is 0 Å². The van der Waals surface area contributed by atoms with E-state index in [0.29, 0.717) is 6.54 Å². The van der Waals surface area contributed by atoms with Crippen molar-refractivity contribution >= 4 is 17.5 Å². The molecule has 0 saturated heterocycles. The molecule has 0 fully saturated rings. The van der Waals surface area contributed by atoms with Gasteiger partial charge < -0.3 is 5.73 Å². The fourth-order valence-corrected chi connectivity index (χ4v) is 4.23. The second kappa shape index (κ2) is 8.35. The Kier molecular flexibility index (Phi) is 5.65. The minimum Gasteiger partial charge on any atom is -0.369 e. The zero-order valence-electron chi connectivity index (χ0n) is 16.3. The largest absolute Gasteiger partial charge is 0.369 e. The van der Waals surface area contributed by atoms with Gasteiger partial charge in [-0.25, -0.2) is 4.68 Å². The third-order valence-corrected chi connectivity index (χ3v) is 5.82. The standard InChI is InChI=1S/C22H24ClN5O/c1-15(16-5-3-2-4-6-16)27(14-22(24)29)12-19-13-28(26-25-19)21-10-8-17-7-9-18(23)11-20(17)21/h2-7,9,11,13,15,21H,8,10,12,14H2,1H3,(H2,24,29)/t15-,21?/m1/s1. The summed E-state index contributed by atoms with van der Waals surface area (Å²) in [7, 11) is 0. The summed E-state index contributed by atoms with van der Waals surface area (Å²) in [4.78, 5) is 13.7. The molecule has 6 nitrogen and oxygen atoms in total. The van der Waals surface area contributed by atoms with Gasteiger partial charge in [-0.05, 0) is 48.6 Å². The van der Waals surface area contributed by atoms with Gasteiger partial charge in [-0.3, -0.25) is 9.69 Å². The van der Waals surface area contributed by atoms with E-state index in [1.807, 2.05) is 46.1 Å². The van der Waals surface area contributed by atoms with Gasteiger partial charge >= 0.3 is 0 Å². The molecule has 0 radical (unpaired) electrons. The van der Waals surface area contributed by atoms with E-state index in [1.165, 1.54) is 11.1 Å². The van der Waals surface area contributed by atoms with Crippen LogP contribution in [-0.2, 0) is 17.8 Å². The summed E-state index contributed by atoms with van der Waals surface area (Å²) in [6.45, 7) is 2.72. The van der Waals surface area contributed by atoms with E-state index in [9.17, 15) is 4.79 Å². The number of carbonyl (C=O) groups is 1. The van der Waals surface area contributed by atoms with Gasteiger partial charge in [-0.1, -0.05) is 53.2 Å². The molecule has 0 aliphatic heterocycles. The molecule has 1 aromatic heterocycles. The predicted molar refractivity (Wildman–Crippen MR) is 112 cm³/mol. The Balaban J connectivity index is 1.54. The highest BCUT2D eigenvalue weighted by molar-refractivity contribution is 6.30. The van der Waals surface area contributed by atoms with E-state index in [2.05, 4.69) is 35.4 Å². The molecule has 29 heavy (non-hydrogen) atoms. The highest BCUT2D eigenvalue weighted by Gasteiger charge is 2.26. The summed E-state index contributed by atoms with van der Waals surface area (Å²) in [6.07, 6.45) is 3.95. The van der Waals surface area contributed by atoms with Gasteiger partial charge in [0.25, 0.3) is 0 Å². The third kappa shape index (κ3) is 4.33. The van der Waals surface area contributed by atoms with Gasteiger partial charge in [0.15, 0.2) is 0 Å². The van der Waals surface area contributed by atoms with Crippen molar-refractivity contribution in [3.63, 3.8) is 0 Å². The molecule has 4 rings (SSSR count). The second-order valence-electron chi connectivity index (χ2n) is 7.55. The molecule has 2 atom stereocenters. The van der Waals surface area contributed by atoms with Crippen LogP contribution >= 0.6 is 11.6 Å². The number of primary amides is 1. The number of rotatable bonds is 7. The summed E-state index contributed by atoms with van der Waals surface area (Å²) in [5, 5.41) is 9.47. The van der Waals surface area contributed by atoms with E-state index < -0.39 is 0 Å². The maximum Gasteiger partial charge on any atom is 0.231 e. The summed E-state index contributed by atoms with van der Waals surface area (Å²) >= 11 is 6.20. The number of amides is 1. The van der Waals surface area contributed by atoms with Crippen molar-refractivity contribution in [3.8, 4) is 0 Å². The van der Waals surface area contributed by atoms with Crippen LogP contribution in [-0.4, -0.2) is 32.3 Å². The molecule has 3 aromatic rings. The number of nitrogens with two attached hydrogens (primary N) is 1. The Morgan fingerprint density at radius 3 is 2.86 bits per heavy atom. The van der Waals surface area contributed by atoms with E-state index >= 15 is 0 Å². The highest BCUT2D eigenvalue weighted by Crippen LogP contribution is 2.35. The van der Waals surface area contributed by atoms with E-state index in [-0.39, 0.29) is 24.5 Å². The van der Waals surface area contributed by atoms with Gasteiger partial charge in [0.2, 0.25) is 5.91 Å². The first kappa shape index (κ1) is 19.6. The smallest absolute Gasteiger partial charge is 0.231 e. The van der Waals surface area contributed by atoms with E-state index in [4.69, 9.17) is 17.3 Å². The maximum absolute atomic E-state index is 11.6. The maximum atomic E-state index is 11.6. The first-order valence-electron chi connectivity index (χ1n) is 9.77. The van der Waals surface area contributed by atoms with Crippen molar-refractivity contribution in [1.29, 1.82) is 0 Å². The topological polar surface area (TPSA) is 77.0 Å². The number of aryl methyl sites for hydroxylation is 1. The Morgan fingerprint density at radius 2 is 2.10 bits per heavy atom. The number of aromatic nitrogens is 3. The molecule has 0 bridgehead atoms. The van der Waals surface area contributed by atoms with Crippen LogP contribution in [0.5, 0.6) is 0 Å². The lowest BCUT2D eigenvalue weighted by Gasteiger charge is -2.27. The van der Waals surface area contributed by atoms with Crippen LogP contribution in [0, 0.1) is 0 Å². The van der Waals surface area contributed by atoms with Gasteiger partial charge in [-0.15, -0.1) is 5.10 Å². The van der Waals surface area contributed by atoms with Crippen molar-refractivity contribution in [3.05, 3.63) is 82.1 Å². The van der Waals surface area contributed by atoms with Crippen LogP contribution < -0.4 is 5.73 Å². The van der Waals surface area contributed by atoms with Gasteiger partial charge in [0.1, 0.15) is 0 Å². The highest BCUT2D eigenvalue weighted by atomic mass is 35.5. The molecule has 0 spiro atoms. The van der Waals surface area contributed by atoms with Crippen molar-refractivity contribution in [2.45, 2.75) is 38.4 Å². The predicted octanol–water partition coefficient (Wildman–Crippen LogP) is 3.52. The molecule has 2 N–H and O–H groups in total. The quantitative estimate of drug-likeness (QED) is 0.647. The van der Waals surface area contributed by atoms with Gasteiger partial charge in [0, 0.05) is 17.6 Å². The van der Waals surface area contributed by atoms with Crippen LogP contribution in [0.2, 0.25) is 5.02 Å². The Hall–Kier alpha value is -2.70. The minimum atomic E-state index is -0.362. The number of nitrogens with zero attached hydrogens (tertiary/aromatic N) is 4. The minimum absolute atomic E-state index is 0.0277. The molecule has 1 heterocycles. The molecule has 2 aromatic carbocycles.